The van der Waals surface area contributed by atoms with Crippen molar-refractivity contribution < 1.29 is 19.1 Å². The Labute approximate surface area is 192 Å². The van der Waals surface area contributed by atoms with Crippen LogP contribution in [-0.4, -0.2) is 63.1 Å². The minimum Gasteiger partial charge on any atom is -0.494 e. The molecule has 1 fully saturated rings. The first-order valence-corrected chi connectivity index (χ1v) is 12.2. The van der Waals surface area contributed by atoms with Crippen LogP contribution < -0.4 is 4.74 Å². The third-order valence-electron chi connectivity index (χ3n) is 5.91. The van der Waals surface area contributed by atoms with E-state index in [0.717, 1.165) is 30.7 Å². The Morgan fingerprint density at radius 2 is 2.00 bits per heavy atom. The Kier molecular flexibility index (Phi) is 7.15. The van der Waals surface area contributed by atoms with E-state index in [-0.39, 0.29) is 29.1 Å². The molecule has 0 bridgehead atoms. The van der Waals surface area contributed by atoms with Crippen LogP contribution in [-0.2, 0) is 16.0 Å². The smallest absolute Gasteiger partial charge is 0.310 e. The van der Waals surface area contributed by atoms with Gasteiger partial charge in [-0.15, -0.1) is 5.10 Å². The molecule has 0 spiro atoms. The van der Waals surface area contributed by atoms with Crippen LogP contribution in [0.1, 0.15) is 55.8 Å². The summed E-state index contributed by atoms with van der Waals surface area (Å²) < 4.78 is 12.3. The molecule has 2 aliphatic heterocycles. The number of carbonyl (C=O) groups is 2. The molecule has 1 saturated heterocycles. The normalized spacial score (nSPS) is 21.9. The van der Waals surface area contributed by atoms with Crippen LogP contribution >= 0.6 is 11.8 Å². The maximum Gasteiger partial charge on any atom is 0.310 e. The molecule has 8 nitrogen and oxygen atoms in total. The quantitative estimate of drug-likeness (QED) is 0.557. The van der Waals surface area contributed by atoms with Crippen LogP contribution in [0.2, 0.25) is 0 Å². The van der Waals surface area contributed by atoms with Gasteiger partial charge in [0.25, 0.3) is 5.91 Å². The molecule has 2 aliphatic rings. The number of fused-ring (bicyclic) bond motifs is 1. The van der Waals surface area contributed by atoms with Crippen LogP contribution in [0.25, 0.3) is 0 Å². The van der Waals surface area contributed by atoms with E-state index < -0.39 is 0 Å². The second-order valence-electron chi connectivity index (χ2n) is 7.99. The van der Waals surface area contributed by atoms with Gasteiger partial charge in [-0.3, -0.25) is 14.5 Å². The number of ether oxygens (including phenoxy) is 2. The second kappa shape index (κ2) is 10.0. The average Bonchev–Trinajstić information content (AvgIpc) is 3.35. The third-order valence-corrected chi connectivity index (χ3v) is 7.10. The highest BCUT2D eigenvalue weighted by atomic mass is 32.2. The number of hydrogen-bond acceptors (Lipinski definition) is 8. The van der Waals surface area contributed by atoms with Crippen LogP contribution in [0, 0.1) is 5.92 Å². The number of hydrogen-bond donors (Lipinski definition) is 0. The molecule has 0 radical (unpaired) electrons. The SMILES string of the molecule is CCOC(=O)C1CCCN(C(c2ccc(OCC)cc2)C2Sc3nc(CC)nn3C2=O)C1. The maximum atomic E-state index is 13.4. The summed E-state index contributed by atoms with van der Waals surface area (Å²) in [6.45, 7) is 8.11. The van der Waals surface area contributed by atoms with Crippen LogP contribution in [0.4, 0.5) is 0 Å². The molecular formula is C23H30N4O4S. The number of nitrogens with zero attached hydrogens (tertiary/aromatic N) is 4. The van der Waals surface area contributed by atoms with E-state index in [2.05, 4.69) is 15.0 Å². The molecule has 3 atom stereocenters. The number of carbonyl (C=O) groups excluding carboxylic acids is 2. The molecular weight excluding hydrogens is 428 g/mol. The highest BCUT2D eigenvalue weighted by Gasteiger charge is 2.44. The van der Waals surface area contributed by atoms with E-state index in [1.54, 1.807) is 0 Å². The van der Waals surface area contributed by atoms with Crippen molar-refractivity contribution in [3.8, 4) is 5.75 Å². The van der Waals surface area contributed by atoms with Crippen LogP contribution in [0.15, 0.2) is 29.4 Å². The van der Waals surface area contributed by atoms with E-state index in [4.69, 9.17) is 9.47 Å². The minimum atomic E-state index is -0.380. The van der Waals surface area contributed by atoms with Crippen LogP contribution in [0.3, 0.4) is 0 Å². The van der Waals surface area contributed by atoms with Crippen molar-refractivity contribution in [2.24, 2.45) is 5.92 Å². The first-order chi connectivity index (χ1) is 15.5. The summed E-state index contributed by atoms with van der Waals surface area (Å²) >= 11 is 1.46. The molecule has 0 N–H and O–H groups in total. The number of benzene rings is 1. The molecule has 3 unspecified atom stereocenters. The summed E-state index contributed by atoms with van der Waals surface area (Å²) in [5, 5.41) is 4.66. The van der Waals surface area contributed by atoms with Gasteiger partial charge < -0.3 is 9.47 Å². The Balaban J connectivity index is 1.63. The number of aryl methyl sites for hydroxylation is 1. The summed E-state index contributed by atoms with van der Waals surface area (Å²) in [6.07, 6.45) is 2.37. The molecule has 3 heterocycles. The van der Waals surface area contributed by atoms with Gasteiger partial charge in [-0.2, -0.15) is 4.68 Å². The first kappa shape index (κ1) is 22.8. The lowest BCUT2D eigenvalue weighted by molar-refractivity contribution is -0.150. The average molecular weight is 459 g/mol. The number of rotatable bonds is 8. The number of esters is 1. The molecule has 2 aromatic rings. The van der Waals surface area contributed by atoms with Crippen molar-refractivity contribution in [3.05, 3.63) is 35.7 Å². The monoisotopic (exact) mass is 458 g/mol. The zero-order chi connectivity index (χ0) is 22.7. The third kappa shape index (κ3) is 4.54. The van der Waals surface area contributed by atoms with E-state index >= 15 is 0 Å². The van der Waals surface area contributed by atoms with Gasteiger partial charge in [0.2, 0.25) is 0 Å². The second-order valence-corrected chi connectivity index (χ2v) is 9.09. The van der Waals surface area contributed by atoms with Gasteiger partial charge in [0.15, 0.2) is 11.0 Å². The van der Waals surface area contributed by atoms with Gasteiger partial charge in [-0.05, 0) is 50.9 Å². The predicted molar refractivity (Wildman–Crippen MR) is 121 cm³/mol. The van der Waals surface area contributed by atoms with Crippen molar-refractivity contribution in [1.29, 1.82) is 0 Å². The zero-order valence-corrected chi connectivity index (χ0v) is 19.6. The fourth-order valence-corrected chi connectivity index (χ4v) is 5.68. The molecule has 0 amide bonds. The number of aromatic nitrogens is 3. The fraction of sp³-hybridized carbons (Fsp3) is 0.565. The molecule has 172 valence electrons. The maximum absolute atomic E-state index is 13.4. The van der Waals surface area contributed by atoms with Crippen molar-refractivity contribution in [3.63, 3.8) is 0 Å². The first-order valence-electron chi connectivity index (χ1n) is 11.4. The van der Waals surface area contributed by atoms with Gasteiger partial charge >= 0.3 is 5.97 Å². The van der Waals surface area contributed by atoms with E-state index in [0.29, 0.717) is 37.2 Å². The van der Waals surface area contributed by atoms with Gasteiger partial charge in [0, 0.05) is 13.0 Å². The number of piperidine rings is 1. The summed E-state index contributed by atoms with van der Waals surface area (Å²) in [6, 6.07) is 7.71. The molecule has 4 rings (SSSR count). The molecule has 0 saturated carbocycles. The Morgan fingerprint density at radius 1 is 1.22 bits per heavy atom. The van der Waals surface area contributed by atoms with Crippen LogP contribution in [0.5, 0.6) is 5.75 Å². The van der Waals surface area contributed by atoms with Gasteiger partial charge in [-0.1, -0.05) is 30.8 Å². The largest absolute Gasteiger partial charge is 0.494 e. The molecule has 32 heavy (non-hydrogen) atoms. The number of likely N-dealkylation sites (tertiary alicyclic amines) is 1. The lowest BCUT2D eigenvalue weighted by atomic mass is 9.93. The Morgan fingerprint density at radius 3 is 2.66 bits per heavy atom. The Bertz CT molecular complexity index is 961. The lowest BCUT2D eigenvalue weighted by Crippen LogP contribution is -2.46. The Hall–Kier alpha value is -2.39. The van der Waals surface area contributed by atoms with Crippen molar-refractivity contribution in [2.75, 3.05) is 26.3 Å². The fourth-order valence-electron chi connectivity index (χ4n) is 4.41. The van der Waals surface area contributed by atoms with E-state index in [9.17, 15) is 9.59 Å². The van der Waals surface area contributed by atoms with E-state index in [1.807, 2.05) is 45.0 Å². The highest BCUT2D eigenvalue weighted by molar-refractivity contribution is 8.00. The lowest BCUT2D eigenvalue weighted by Gasteiger charge is -2.39. The predicted octanol–water partition coefficient (Wildman–Crippen LogP) is 3.37. The van der Waals surface area contributed by atoms with Gasteiger partial charge in [0.1, 0.15) is 11.0 Å². The molecule has 1 aromatic heterocycles. The molecule has 0 aliphatic carbocycles. The van der Waals surface area contributed by atoms with Crippen molar-refractivity contribution >= 4 is 23.6 Å². The topological polar surface area (TPSA) is 86.5 Å². The van der Waals surface area contributed by atoms with Crippen molar-refractivity contribution in [2.45, 2.75) is 56.5 Å². The molecule has 9 heteroatoms. The van der Waals surface area contributed by atoms with E-state index in [1.165, 1.54) is 16.4 Å². The zero-order valence-electron chi connectivity index (χ0n) is 18.8. The summed E-state index contributed by atoms with van der Waals surface area (Å²) in [5.41, 5.74) is 1.02. The summed E-state index contributed by atoms with van der Waals surface area (Å²) in [5.74, 6) is 1.07. The summed E-state index contributed by atoms with van der Waals surface area (Å²) in [7, 11) is 0. The number of thioether (sulfide) groups is 1. The summed E-state index contributed by atoms with van der Waals surface area (Å²) in [4.78, 5) is 32.6. The standard InChI is InChI=1S/C23H30N4O4S/c1-4-18-24-23-27(25-18)21(28)20(32-23)19(15-9-11-17(12-10-15)30-5-2)26-13-7-8-16(14-26)22(29)31-6-3/h9-12,16,19-20H,4-8,13-14H2,1-3H3. The van der Waals surface area contributed by atoms with Crippen molar-refractivity contribution in [1.82, 2.24) is 19.7 Å². The minimum absolute atomic E-state index is 0.0608. The van der Waals surface area contributed by atoms with Gasteiger partial charge in [-0.25, -0.2) is 4.98 Å². The molecule has 1 aromatic carbocycles. The highest BCUT2D eigenvalue weighted by Crippen LogP contribution is 2.42. The van der Waals surface area contributed by atoms with Gasteiger partial charge in [0.05, 0.1) is 25.2 Å².